The summed E-state index contributed by atoms with van der Waals surface area (Å²) >= 11 is 0. The predicted octanol–water partition coefficient (Wildman–Crippen LogP) is 2.47. The molecule has 6 unspecified atom stereocenters. The fourth-order valence-electron chi connectivity index (χ4n) is 4.00. The number of ketones is 1. The first-order valence-corrected chi connectivity index (χ1v) is 7.63. The Bertz CT molecular complexity index is 354. The molecule has 0 aromatic rings. The second kappa shape index (κ2) is 4.31. The third-order valence-electron chi connectivity index (χ3n) is 5.37. The Hall–Kier alpha value is -0.410. The monoisotopic (exact) mass is 250 g/mol. The van der Waals surface area contributed by atoms with Crippen molar-refractivity contribution in [3.8, 4) is 0 Å². The van der Waals surface area contributed by atoms with Gasteiger partial charge in [-0.3, -0.25) is 4.79 Å². The number of carbonyl (C=O) groups excluding carboxylic acids is 1. The van der Waals surface area contributed by atoms with Crippen molar-refractivity contribution in [3.05, 3.63) is 0 Å². The van der Waals surface area contributed by atoms with Crippen molar-refractivity contribution in [2.45, 2.75) is 75.8 Å². The third-order valence-corrected chi connectivity index (χ3v) is 5.37. The molecule has 100 valence electrons. The molecule has 0 aromatic heterocycles. The lowest BCUT2D eigenvalue weighted by Gasteiger charge is -2.21. The summed E-state index contributed by atoms with van der Waals surface area (Å²) in [5.41, 5.74) is 0. The summed E-state index contributed by atoms with van der Waals surface area (Å²) in [5, 5.41) is 0. The lowest BCUT2D eigenvalue weighted by molar-refractivity contribution is -0.124. The van der Waals surface area contributed by atoms with Crippen LogP contribution in [0.25, 0.3) is 0 Å². The van der Waals surface area contributed by atoms with Gasteiger partial charge < -0.3 is 9.47 Å². The van der Waals surface area contributed by atoms with Crippen LogP contribution in [0.5, 0.6) is 0 Å². The number of carbonyl (C=O) groups is 1. The highest BCUT2D eigenvalue weighted by molar-refractivity contribution is 5.81. The van der Waals surface area contributed by atoms with Crippen molar-refractivity contribution in [1.29, 1.82) is 0 Å². The van der Waals surface area contributed by atoms with E-state index in [0.717, 1.165) is 38.0 Å². The van der Waals surface area contributed by atoms with E-state index in [0.29, 0.717) is 36.1 Å². The molecule has 0 N–H and O–H groups in total. The molecule has 0 radical (unpaired) electrons. The first kappa shape index (κ1) is 11.4. The maximum atomic E-state index is 12.2. The highest BCUT2D eigenvalue weighted by Crippen LogP contribution is 2.42. The number of rotatable bonds is 4. The van der Waals surface area contributed by atoms with Crippen LogP contribution in [0.4, 0.5) is 0 Å². The molecular weight excluding hydrogens is 228 g/mol. The van der Waals surface area contributed by atoms with E-state index in [1.54, 1.807) is 0 Å². The summed E-state index contributed by atoms with van der Waals surface area (Å²) in [4.78, 5) is 12.2. The van der Waals surface area contributed by atoms with Gasteiger partial charge in [-0.1, -0.05) is 0 Å². The topological polar surface area (TPSA) is 42.1 Å². The van der Waals surface area contributed by atoms with Gasteiger partial charge in [0.05, 0.1) is 24.4 Å². The van der Waals surface area contributed by atoms with E-state index in [1.165, 1.54) is 19.3 Å². The molecule has 6 atom stereocenters. The zero-order valence-electron chi connectivity index (χ0n) is 10.8. The zero-order valence-corrected chi connectivity index (χ0v) is 10.8. The largest absolute Gasteiger partial charge is 0.370 e. The second-order valence-electron chi connectivity index (χ2n) is 6.62. The van der Waals surface area contributed by atoms with Crippen LogP contribution in [0.1, 0.15) is 51.4 Å². The van der Waals surface area contributed by atoms with E-state index in [-0.39, 0.29) is 0 Å². The van der Waals surface area contributed by atoms with Crippen molar-refractivity contribution < 1.29 is 14.3 Å². The van der Waals surface area contributed by atoms with E-state index < -0.39 is 0 Å². The number of hydrogen-bond donors (Lipinski definition) is 0. The molecule has 18 heavy (non-hydrogen) atoms. The predicted molar refractivity (Wildman–Crippen MR) is 66.2 cm³/mol. The molecule has 4 fully saturated rings. The summed E-state index contributed by atoms with van der Waals surface area (Å²) in [6.07, 6.45) is 10.9. The number of hydrogen-bond acceptors (Lipinski definition) is 3. The molecule has 3 nitrogen and oxygen atoms in total. The molecular formula is C15H22O3. The normalized spacial score (nSPS) is 49.1. The number of ether oxygens (including phenoxy) is 2. The average Bonchev–Trinajstić information content (AvgIpc) is 3.26. The first-order valence-electron chi connectivity index (χ1n) is 7.63. The zero-order chi connectivity index (χ0) is 12.1. The highest BCUT2D eigenvalue weighted by atomic mass is 16.6. The van der Waals surface area contributed by atoms with Crippen molar-refractivity contribution in [2.75, 3.05) is 0 Å². The summed E-state index contributed by atoms with van der Waals surface area (Å²) < 4.78 is 11.1. The van der Waals surface area contributed by atoms with Crippen LogP contribution in [0.2, 0.25) is 0 Å². The Balaban J connectivity index is 1.23. The van der Waals surface area contributed by atoms with E-state index in [9.17, 15) is 4.79 Å². The van der Waals surface area contributed by atoms with Crippen molar-refractivity contribution in [1.82, 2.24) is 0 Å². The Morgan fingerprint density at radius 1 is 0.889 bits per heavy atom. The van der Waals surface area contributed by atoms with Gasteiger partial charge in [0.2, 0.25) is 0 Å². The maximum Gasteiger partial charge on any atom is 0.136 e. The average molecular weight is 250 g/mol. The molecule has 2 saturated heterocycles. The van der Waals surface area contributed by atoms with Crippen LogP contribution in [0.3, 0.4) is 0 Å². The maximum absolute atomic E-state index is 12.2. The van der Waals surface area contributed by atoms with Gasteiger partial charge >= 0.3 is 0 Å². The Kier molecular flexibility index (Phi) is 2.73. The van der Waals surface area contributed by atoms with Gasteiger partial charge in [-0.05, 0) is 50.9 Å². The minimum absolute atomic E-state index is 0.308. The standard InChI is InChI=1S/C15H22O3/c16-11(10-3-6-13-15(8-10)18-13)4-1-9-2-5-12-14(7-9)17-12/h9-10,12-15H,1-8H2. The molecule has 0 aromatic carbocycles. The van der Waals surface area contributed by atoms with Crippen LogP contribution < -0.4 is 0 Å². The fourth-order valence-corrected chi connectivity index (χ4v) is 4.00. The Labute approximate surface area is 108 Å². The molecule has 2 heterocycles. The summed E-state index contributed by atoms with van der Waals surface area (Å²) in [7, 11) is 0. The molecule has 4 aliphatic rings. The Morgan fingerprint density at radius 2 is 1.61 bits per heavy atom. The van der Waals surface area contributed by atoms with E-state index in [1.807, 2.05) is 0 Å². The fraction of sp³-hybridized carbons (Fsp3) is 0.933. The second-order valence-corrected chi connectivity index (χ2v) is 6.62. The van der Waals surface area contributed by atoms with Gasteiger partial charge in [0, 0.05) is 12.3 Å². The number of Topliss-reactive ketones (excluding diaryl/α,β-unsaturated/α-hetero) is 1. The van der Waals surface area contributed by atoms with Gasteiger partial charge in [0.25, 0.3) is 0 Å². The van der Waals surface area contributed by atoms with Crippen LogP contribution in [0, 0.1) is 11.8 Å². The van der Waals surface area contributed by atoms with E-state index in [4.69, 9.17) is 9.47 Å². The van der Waals surface area contributed by atoms with Gasteiger partial charge in [-0.25, -0.2) is 0 Å². The molecule has 0 bridgehead atoms. The minimum Gasteiger partial charge on any atom is -0.370 e. The highest BCUT2D eigenvalue weighted by Gasteiger charge is 2.46. The number of epoxide rings is 2. The Morgan fingerprint density at radius 3 is 2.33 bits per heavy atom. The molecule has 0 spiro atoms. The molecule has 2 saturated carbocycles. The lowest BCUT2D eigenvalue weighted by atomic mass is 9.81. The van der Waals surface area contributed by atoms with Crippen LogP contribution in [0.15, 0.2) is 0 Å². The van der Waals surface area contributed by atoms with Gasteiger partial charge in [0.15, 0.2) is 0 Å². The summed E-state index contributed by atoms with van der Waals surface area (Å²) in [6.45, 7) is 0. The summed E-state index contributed by atoms with van der Waals surface area (Å²) in [6, 6.07) is 0. The van der Waals surface area contributed by atoms with Gasteiger partial charge in [-0.2, -0.15) is 0 Å². The van der Waals surface area contributed by atoms with Crippen LogP contribution in [-0.2, 0) is 14.3 Å². The van der Waals surface area contributed by atoms with Gasteiger partial charge in [-0.15, -0.1) is 0 Å². The van der Waals surface area contributed by atoms with Crippen molar-refractivity contribution in [2.24, 2.45) is 11.8 Å². The van der Waals surface area contributed by atoms with E-state index in [2.05, 4.69) is 0 Å². The van der Waals surface area contributed by atoms with Crippen LogP contribution >= 0.6 is 0 Å². The van der Waals surface area contributed by atoms with E-state index >= 15 is 0 Å². The molecule has 2 aliphatic heterocycles. The summed E-state index contributed by atoms with van der Waals surface area (Å²) in [5.74, 6) is 1.55. The lowest BCUT2D eigenvalue weighted by Crippen LogP contribution is -2.23. The van der Waals surface area contributed by atoms with Crippen molar-refractivity contribution in [3.63, 3.8) is 0 Å². The third kappa shape index (κ3) is 2.23. The first-order chi connectivity index (χ1) is 8.79. The van der Waals surface area contributed by atoms with Crippen LogP contribution in [-0.4, -0.2) is 30.2 Å². The molecule has 3 heteroatoms. The van der Waals surface area contributed by atoms with Gasteiger partial charge in [0.1, 0.15) is 5.78 Å². The quantitative estimate of drug-likeness (QED) is 0.720. The number of fused-ring (bicyclic) bond motifs is 2. The smallest absolute Gasteiger partial charge is 0.136 e. The molecule has 4 rings (SSSR count). The molecule has 2 aliphatic carbocycles. The molecule has 0 amide bonds. The SMILES string of the molecule is O=C(CCC1CCC2OC2C1)C1CCC2OC2C1. The minimum atomic E-state index is 0.308. The van der Waals surface area contributed by atoms with Crippen molar-refractivity contribution >= 4 is 5.78 Å².